The minimum absolute atomic E-state index is 0.0176. The molecule has 0 heterocycles. The lowest BCUT2D eigenvalue weighted by Gasteiger charge is -2.33. The number of aliphatic hydroxyl groups excluding tert-OH is 1. The van der Waals surface area contributed by atoms with Crippen LogP contribution in [0.3, 0.4) is 0 Å². The van der Waals surface area contributed by atoms with Crippen LogP contribution in [-0.4, -0.2) is 36.4 Å². The van der Waals surface area contributed by atoms with Crippen LogP contribution in [0.25, 0.3) is 0 Å². The first-order valence-electron chi connectivity index (χ1n) is 10.2. The second-order valence-corrected chi connectivity index (χ2v) is 8.95. The highest BCUT2D eigenvalue weighted by molar-refractivity contribution is 5.36. The Hall–Kier alpha value is -1.88. The van der Waals surface area contributed by atoms with Crippen molar-refractivity contribution in [3.05, 3.63) is 65.7 Å². The number of hydrogen-bond donors (Lipinski definition) is 3. The average molecular weight is 383 g/mol. The monoisotopic (exact) mass is 382 g/mol. The van der Waals surface area contributed by atoms with Gasteiger partial charge < -0.3 is 20.5 Å². The van der Waals surface area contributed by atoms with Gasteiger partial charge in [-0.25, -0.2) is 0 Å². The van der Waals surface area contributed by atoms with Crippen LogP contribution in [0.5, 0.6) is 5.75 Å². The first-order valence-corrected chi connectivity index (χ1v) is 10.2. The molecule has 0 aliphatic heterocycles. The quantitative estimate of drug-likeness (QED) is 0.620. The molecule has 0 spiro atoms. The summed E-state index contributed by atoms with van der Waals surface area (Å²) in [5.74, 6) is 0.877. The van der Waals surface area contributed by atoms with E-state index < -0.39 is 6.10 Å². The molecule has 0 radical (unpaired) electrons. The van der Waals surface area contributed by atoms with E-state index in [9.17, 15) is 5.11 Å². The summed E-state index contributed by atoms with van der Waals surface area (Å²) in [6, 6.07) is 18.6. The number of rotatable bonds is 9. The maximum Gasteiger partial charge on any atom is 0.119 e. The standard InChI is InChI=1S/C24H34N2O2/c1-23(2,3)26-21(15-18-9-6-5-7-10-18)22(27)17-25-24(13-14-24)19-11-8-12-20(16-19)28-4/h5-12,16,21-22,25-27H,13-15,17H2,1-4H3/t21-,22+/m0/s1. The fourth-order valence-electron chi connectivity index (χ4n) is 3.76. The number of benzene rings is 2. The van der Waals surface area contributed by atoms with Gasteiger partial charge in [-0.3, -0.25) is 0 Å². The molecule has 152 valence electrons. The van der Waals surface area contributed by atoms with Crippen molar-refractivity contribution in [2.45, 2.75) is 63.3 Å². The minimum atomic E-state index is -0.484. The van der Waals surface area contributed by atoms with Gasteiger partial charge in [0.15, 0.2) is 0 Å². The van der Waals surface area contributed by atoms with Crippen molar-refractivity contribution in [3.63, 3.8) is 0 Å². The van der Waals surface area contributed by atoms with Crippen LogP contribution >= 0.6 is 0 Å². The van der Waals surface area contributed by atoms with E-state index >= 15 is 0 Å². The van der Waals surface area contributed by atoms with Crippen molar-refractivity contribution in [2.24, 2.45) is 0 Å². The van der Waals surface area contributed by atoms with Gasteiger partial charge in [0.2, 0.25) is 0 Å². The zero-order valence-electron chi connectivity index (χ0n) is 17.5. The number of nitrogens with one attached hydrogen (secondary N) is 2. The van der Waals surface area contributed by atoms with Crippen molar-refractivity contribution < 1.29 is 9.84 Å². The third-order valence-corrected chi connectivity index (χ3v) is 5.40. The Bertz CT molecular complexity index is 751. The molecular formula is C24H34N2O2. The summed E-state index contributed by atoms with van der Waals surface area (Å²) in [5, 5.41) is 18.3. The van der Waals surface area contributed by atoms with Gasteiger partial charge in [-0.05, 0) is 63.3 Å². The summed E-state index contributed by atoms with van der Waals surface area (Å²) < 4.78 is 5.38. The Labute approximate surface area is 169 Å². The lowest BCUT2D eigenvalue weighted by molar-refractivity contribution is 0.106. The molecule has 4 heteroatoms. The number of ether oxygens (including phenoxy) is 1. The molecule has 0 amide bonds. The van der Waals surface area contributed by atoms with Crippen molar-refractivity contribution in [3.8, 4) is 5.75 Å². The first kappa shape index (κ1) is 20.8. The summed E-state index contributed by atoms with van der Waals surface area (Å²) in [6.45, 7) is 6.98. The summed E-state index contributed by atoms with van der Waals surface area (Å²) in [6.07, 6.45) is 2.49. The SMILES string of the molecule is COc1cccc(C2(NC[C@@H](O)[C@H](Cc3ccccc3)NC(C)(C)C)CC2)c1. The van der Waals surface area contributed by atoms with Gasteiger partial charge in [-0.15, -0.1) is 0 Å². The van der Waals surface area contributed by atoms with E-state index in [2.05, 4.69) is 67.8 Å². The molecular weight excluding hydrogens is 348 g/mol. The van der Waals surface area contributed by atoms with Crippen molar-refractivity contribution in [1.82, 2.24) is 10.6 Å². The van der Waals surface area contributed by atoms with Crippen molar-refractivity contribution in [2.75, 3.05) is 13.7 Å². The van der Waals surface area contributed by atoms with Crippen LogP contribution in [0, 0.1) is 0 Å². The van der Waals surface area contributed by atoms with E-state index in [1.807, 2.05) is 18.2 Å². The summed E-state index contributed by atoms with van der Waals surface area (Å²) >= 11 is 0. The van der Waals surface area contributed by atoms with Crippen LogP contribution in [-0.2, 0) is 12.0 Å². The summed E-state index contributed by atoms with van der Waals surface area (Å²) in [4.78, 5) is 0. The molecule has 0 unspecified atom stereocenters. The predicted molar refractivity (Wildman–Crippen MR) is 115 cm³/mol. The maximum absolute atomic E-state index is 11.0. The topological polar surface area (TPSA) is 53.5 Å². The van der Waals surface area contributed by atoms with Crippen LogP contribution in [0.4, 0.5) is 0 Å². The molecule has 0 aromatic heterocycles. The molecule has 2 aromatic rings. The zero-order chi connectivity index (χ0) is 20.2. The van der Waals surface area contributed by atoms with Crippen molar-refractivity contribution >= 4 is 0 Å². The second kappa shape index (κ2) is 8.64. The molecule has 1 aliphatic carbocycles. The Balaban J connectivity index is 1.66. The van der Waals surface area contributed by atoms with Gasteiger partial charge in [0, 0.05) is 23.7 Å². The molecule has 4 nitrogen and oxygen atoms in total. The van der Waals surface area contributed by atoms with Gasteiger partial charge >= 0.3 is 0 Å². The zero-order valence-corrected chi connectivity index (χ0v) is 17.5. The molecule has 2 atom stereocenters. The fraction of sp³-hybridized carbons (Fsp3) is 0.500. The highest BCUT2D eigenvalue weighted by Crippen LogP contribution is 2.46. The average Bonchev–Trinajstić information content (AvgIpc) is 3.47. The Morgan fingerprint density at radius 3 is 2.39 bits per heavy atom. The lowest BCUT2D eigenvalue weighted by atomic mass is 9.96. The third-order valence-electron chi connectivity index (χ3n) is 5.40. The molecule has 1 aliphatic rings. The van der Waals surface area contributed by atoms with E-state index in [4.69, 9.17) is 4.74 Å². The van der Waals surface area contributed by atoms with Crippen LogP contribution in [0.15, 0.2) is 54.6 Å². The van der Waals surface area contributed by atoms with Crippen molar-refractivity contribution in [1.29, 1.82) is 0 Å². The van der Waals surface area contributed by atoms with Crippen LogP contribution < -0.4 is 15.4 Å². The number of hydrogen-bond acceptors (Lipinski definition) is 4. The summed E-state index contributed by atoms with van der Waals surface area (Å²) in [7, 11) is 1.70. The molecule has 1 fully saturated rings. The first-order chi connectivity index (χ1) is 13.3. The Morgan fingerprint density at radius 1 is 1.07 bits per heavy atom. The molecule has 0 saturated heterocycles. The predicted octanol–water partition coefficient (Wildman–Crippen LogP) is 3.63. The fourth-order valence-corrected chi connectivity index (χ4v) is 3.76. The van der Waals surface area contributed by atoms with Crippen LogP contribution in [0.1, 0.15) is 44.7 Å². The van der Waals surface area contributed by atoms with E-state index in [0.29, 0.717) is 6.54 Å². The lowest BCUT2D eigenvalue weighted by Crippen LogP contribution is -2.54. The van der Waals surface area contributed by atoms with Gasteiger partial charge in [-0.2, -0.15) is 0 Å². The summed E-state index contributed by atoms with van der Waals surface area (Å²) in [5.41, 5.74) is 2.37. The molecule has 3 rings (SSSR count). The minimum Gasteiger partial charge on any atom is -0.497 e. The number of aliphatic hydroxyl groups is 1. The maximum atomic E-state index is 11.0. The van der Waals surface area contributed by atoms with E-state index in [-0.39, 0.29) is 17.1 Å². The largest absolute Gasteiger partial charge is 0.497 e. The molecule has 0 bridgehead atoms. The van der Waals surface area contributed by atoms with Gasteiger partial charge in [0.1, 0.15) is 5.75 Å². The third kappa shape index (κ3) is 5.57. The highest BCUT2D eigenvalue weighted by atomic mass is 16.5. The normalized spacial score (nSPS) is 17.8. The number of methoxy groups -OCH3 is 1. The van der Waals surface area contributed by atoms with E-state index in [1.165, 1.54) is 11.1 Å². The molecule has 3 N–H and O–H groups in total. The Morgan fingerprint density at radius 2 is 1.79 bits per heavy atom. The van der Waals surface area contributed by atoms with Gasteiger partial charge in [-0.1, -0.05) is 42.5 Å². The van der Waals surface area contributed by atoms with Gasteiger partial charge in [0.25, 0.3) is 0 Å². The van der Waals surface area contributed by atoms with E-state index in [0.717, 1.165) is 25.0 Å². The molecule has 1 saturated carbocycles. The molecule has 28 heavy (non-hydrogen) atoms. The smallest absolute Gasteiger partial charge is 0.119 e. The molecule has 2 aromatic carbocycles. The van der Waals surface area contributed by atoms with Gasteiger partial charge in [0.05, 0.1) is 13.2 Å². The highest BCUT2D eigenvalue weighted by Gasteiger charge is 2.44. The van der Waals surface area contributed by atoms with E-state index in [1.54, 1.807) is 7.11 Å². The second-order valence-electron chi connectivity index (χ2n) is 8.95. The Kier molecular flexibility index (Phi) is 6.43. The van der Waals surface area contributed by atoms with Crippen LogP contribution in [0.2, 0.25) is 0 Å².